The van der Waals surface area contributed by atoms with E-state index in [0.717, 1.165) is 0 Å². The van der Waals surface area contributed by atoms with E-state index in [0.29, 0.717) is 25.3 Å². The minimum Gasteiger partial charge on any atom is -0.396 e. The molecular weight excluding hydrogens is 214 g/mol. The Bertz CT molecular complexity index is 241. The fraction of sp³-hybridized carbons (Fsp3) is 0.929. The van der Waals surface area contributed by atoms with Gasteiger partial charge < -0.3 is 10.4 Å². The van der Waals surface area contributed by atoms with Crippen molar-refractivity contribution in [1.29, 1.82) is 0 Å². The molecule has 0 rings (SSSR count). The van der Waals surface area contributed by atoms with Crippen LogP contribution in [0.1, 0.15) is 54.4 Å². The van der Waals surface area contributed by atoms with Crippen LogP contribution >= 0.6 is 0 Å². The van der Waals surface area contributed by atoms with Crippen LogP contribution in [0, 0.1) is 16.7 Å². The smallest absolute Gasteiger partial charge is 0.220 e. The van der Waals surface area contributed by atoms with Crippen LogP contribution < -0.4 is 5.32 Å². The van der Waals surface area contributed by atoms with Crippen molar-refractivity contribution >= 4 is 5.91 Å². The lowest BCUT2D eigenvalue weighted by atomic mass is 9.80. The summed E-state index contributed by atoms with van der Waals surface area (Å²) < 4.78 is 0. The Kier molecular flexibility index (Phi) is 6.17. The fourth-order valence-electron chi connectivity index (χ4n) is 1.39. The van der Waals surface area contributed by atoms with Gasteiger partial charge in [-0.1, -0.05) is 41.5 Å². The molecule has 0 aliphatic rings. The molecule has 0 spiro atoms. The highest BCUT2D eigenvalue weighted by molar-refractivity contribution is 5.76. The van der Waals surface area contributed by atoms with E-state index in [2.05, 4.69) is 46.9 Å². The summed E-state index contributed by atoms with van der Waals surface area (Å²) in [7, 11) is 0. The van der Waals surface area contributed by atoms with Crippen LogP contribution in [0.2, 0.25) is 0 Å². The molecule has 102 valence electrons. The molecule has 1 unspecified atom stereocenters. The number of carbonyl (C=O) groups is 1. The van der Waals surface area contributed by atoms with Crippen molar-refractivity contribution in [3.63, 3.8) is 0 Å². The van der Waals surface area contributed by atoms with Crippen molar-refractivity contribution in [1.82, 2.24) is 5.32 Å². The first-order valence-corrected chi connectivity index (χ1v) is 6.46. The SMILES string of the molecule is CC(CC(=O)NCC(C)(C)CCO)C(C)(C)C. The molecule has 2 N–H and O–H groups in total. The minimum atomic E-state index is -0.0324. The first-order chi connectivity index (χ1) is 7.58. The summed E-state index contributed by atoms with van der Waals surface area (Å²) in [5, 5.41) is 11.9. The molecular formula is C14H29NO2. The summed E-state index contributed by atoms with van der Waals surface area (Å²) in [6.45, 7) is 13.5. The van der Waals surface area contributed by atoms with E-state index in [1.54, 1.807) is 0 Å². The second-order valence-electron chi connectivity index (χ2n) is 6.89. The Labute approximate surface area is 106 Å². The average molecular weight is 243 g/mol. The summed E-state index contributed by atoms with van der Waals surface area (Å²) in [6, 6.07) is 0. The van der Waals surface area contributed by atoms with E-state index in [9.17, 15) is 4.79 Å². The quantitative estimate of drug-likeness (QED) is 0.753. The van der Waals surface area contributed by atoms with Gasteiger partial charge >= 0.3 is 0 Å². The second kappa shape index (κ2) is 6.39. The molecule has 0 saturated heterocycles. The molecule has 1 atom stereocenters. The maximum atomic E-state index is 11.8. The van der Waals surface area contributed by atoms with Crippen molar-refractivity contribution in [2.24, 2.45) is 16.7 Å². The number of hydrogen-bond donors (Lipinski definition) is 2. The zero-order chi connectivity index (χ0) is 13.7. The molecule has 0 aliphatic carbocycles. The lowest BCUT2D eigenvalue weighted by Crippen LogP contribution is -2.36. The maximum absolute atomic E-state index is 11.8. The Hall–Kier alpha value is -0.570. The number of hydrogen-bond acceptors (Lipinski definition) is 2. The summed E-state index contributed by atoms with van der Waals surface area (Å²) in [4.78, 5) is 11.8. The van der Waals surface area contributed by atoms with E-state index in [1.165, 1.54) is 0 Å². The van der Waals surface area contributed by atoms with Crippen molar-refractivity contribution in [3.8, 4) is 0 Å². The topological polar surface area (TPSA) is 49.3 Å². The van der Waals surface area contributed by atoms with Crippen LogP contribution in [-0.2, 0) is 4.79 Å². The van der Waals surface area contributed by atoms with Crippen LogP contribution in [0.5, 0.6) is 0 Å². The van der Waals surface area contributed by atoms with E-state index in [4.69, 9.17) is 5.11 Å². The molecule has 0 aromatic heterocycles. The van der Waals surface area contributed by atoms with Crippen LogP contribution in [0.25, 0.3) is 0 Å². The molecule has 1 amide bonds. The van der Waals surface area contributed by atoms with Gasteiger partial charge in [0.2, 0.25) is 5.91 Å². The molecule has 0 aliphatic heterocycles. The van der Waals surface area contributed by atoms with Gasteiger partial charge in [0.15, 0.2) is 0 Å². The molecule has 0 radical (unpaired) electrons. The van der Waals surface area contributed by atoms with Gasteiger partial charge in [0.05, 0.1) is 0 Å². The summed E-state index contributed by atoms with van der Waals surface area (Å²) in [6.07, 6.45) is 1.28. The van der Waals surface area contributed by atoms with Gasteiger partial charge in [-0.3, -0.25) is 4.79 Å². The summed E-state index contributed by atoms with van der Waals surface area (Å²) >= 11 is 0. The zero-order valence-corrected chi connectivity index (χ0v) is 12.3. The Morgan fingerprint density at radius 3 is 2.18 bits per heavy atom. The second-order valence-corrected chi connectivity index (χ2v) is 6.89. The number of amides is 1. The Morgan fingerprint density at radius 2 is 1.76 bits per heavy atom. The highest BCUT2D eigenvalue weighted by Crippen LogP contribution is 2.28. The molecule has 0 bridgehead atoms. The van der Waals surface area contributed by atoms with Gasteiger partial charge in [0.1, 0.15) is 0 Å². The first-order valence-electron chi connectivity index (χ1n) is 6.46. The summed E-state index contributed by atoms with van der Waals surface area (Å²) in [5.41, 5.74) is 0.132. The van der Waals surface area contributed by atoms with Crippen molar-refractivity contribution in [2.75, 3.05) is 13.2 Å². The van der Waals surface area contributed by atoms with E-state index < -0.39 is 0 Å². The predicted molar refractivity (Wildman–Crippen MR) is 71.7 cm³/mol. The van der Waals surface area contributed by atoms with Crippen LogP contribution in [0.3, 0.4) is 0 Å². The first kappa shape index (κ1) is 16.4. The van der Waals surface area contributed by atoms with Gasteiger partial charge in [-0.05, 0) is 23.2 Å². The van der Waals surface area contributed by atoms with E-state index in [-0.39, 0.29) is 23.3 Å². The third-order valence-electron chi connectivity index (χ3n) is 3.52. The monoisotopic (exact) mass is 243 g/mol. The minimum absolute atomic E-state index is 0.0324. The van der Waals surface area contributed by atoms with Crippen molar-refractivity contribution in [2.45, 2.75) is 54.4 Å². The fourth-order valence-corrected chi connectivity index (χ4v) is 1.39. The number of rotatable bonds is 6. The van der Waals surface area contributed by atoms with Crippen LogP contribution in [0.4, 0.5) is 0 Å². The van der Waals surface area contributed by atoms with E-state index in [1.807, 2.05) is 0 Å². The largest absolute Gasteiger partial charge is 0.396 e. The average Bonchev–Trinajstić information content (AvgIpc) is 2.13. The lowest BCUT2D eigenvalue weighted by molar-refractivity contribution is -0.123. The summed E-state index contributed by atoms with van der Waals surface area (Å²) in [5.74, 6) is 0.474. The van der Waals surface area contributed by atoms with Crippen LogP contribution in [-0.4, -0.2) is 24.2 Å². The Morgan fingerprint density at radius 1 is 1.24 bits per heavy atom. The normalized spacial score (nSPS) is 14.5. The molecule has 3 heteroatoms. The van der Waals surface area contributed by atoms with Gasteiger partial charge in [-0.2, -0.15) is 0 Å². The van der Waals surface area contributed by atoms with Crippen LogP contribution in [0.15, 0.2) is 0 Å². The third-order valence-corrected chi connectivity index (χ3v) is 3.52. The highest BCUT2D eigenvalue weighted by atomic mass is 16.3. The maximum Gasteiger partial charge on any atom is 0.220 e. The number of aliphatic hydroxyl groups excluding tert-OH is 1. The Balaban J connectivity index is 4.04. The molecule has 0 heterocycles. The third kappa shape index (κ3) is 7.37. The van der Waals surface area contributed by atoms with E-state index >= 15 is 0 Å². The van der Waals surface area contributed by atoms with Gasteiger partial charge in [0, 0.05) is 19.6 Å². The molecule has 0 saturated carbocycles. The standard InChI is InChI=1S/C14H29NO2/c1-11(13(2,3)4)9-12(17)15-10-14(5,6)7-8-16/h11,16H,7-10H2,1-6H3,(H,15,17). The van der Waals surface area contributed by atoms with Crippen molar-refractivity contribution < 1.29 is 9.90 Å². The van der Waals surface area contributed by atoms with Gasteiger partial charge in [-0.25, -0.2) is 0 Å². The number of nitrogens with one attached hydrogen (secondary N) is 1. The number of aliphatic hydroxyl groups is 1. The predicted octanol–water partition coefficient (Wildman–Crippen LogP) is 2.58. The highest BCUT2D eigenvalue weighted by Gasteiger charge is 2.24. The zero-order valence-electron chi connectivity index (χ0n) is 12.3. The molecule has 3 nitrogen and oxygen atoms in total. The molecule has 0 fully saturated rings. The molecule has 0 aromatic carbocycles. The van der Waals surface area contributed by atoms with Gasteiger partial charge in [-0.15, -0.1) is 0 Å². The van der Waals surface area contributed by atoms with Crippen molar-refractivity contribution in [3.05, 3.63) is 0 Å². The molecule has 17 heavy (non-hydrogen) atoms. The van der Waals surface area contributed by atoms with Gasteiger partial charge in [0.25, 0.3) is 0 Å². The lowest BCUT2D eigenvalue weighted by Gasteiger charge is -2.28. The number of carbonyl (C=O) groups excluding carboxylic acids is 1. The molecule has 0 aromatic rings.